The summed E-state index contributed by atoms with van der Waals surface area (Å²) < 4.78 is 5.02. The van der Waals surface area contributed by atoms with Gasteiger partial charge in [0.15, 0.2) is 15.8 Å². The van der Waals surface area contributed by atoms with Gasteiger partial charge in [0.1, 0.15) is 17.4 Å². The molecule has 2 fully saturated rings. The van der Waals surface area contributed by atoms with E-state index in [1.807, 2.05) is 18.9 Å². The lowest BCUT2D eigenvalue weighted by Crippen LogP contribution is -2.53. The van der Waals surface area contributed by atoms with Crippen molar-refractivity contribution in [1.82, 2.24) is 9.80 Å². The fourth-order valence-electron chi connectivity index (χ4n) is 3.67. The van der Waals surface area contributed by atoms with Gasteiger partial charge in [-0.15, -0.1) is 0 Å². The van der Waals surface area contributed by atoms with E-state index < -0.39 is 21.4 Å². The van der Waals surface area contributed by atoms with Crippen LogP contribution in [0.4, 0.5) is 0 Å². The molecule has 0 aromatic rings. The monoisotopic (exact) mass is 513 g/mol. The summed E-state index contributed by atoms with van der Waals surface area (Å²) in [6.07, 6.45) is 4.75. The summed E-state index contributed by atoms with van der Waals surface area (Å²) in [6.45, 7) is 9.82. The van der Waals surface area contributed by atoms with Crippen LogP contribution < -0.4 is 0 Å². The molecule has 0 bridgehead atoms. The molecule has 0 spiro atoms. The molecule has 2 rings (SSSR count). The Labute approximate surface area is 211 Å². The molecule has 14 heteroatoms. The third kappa shape index (κ3) is 12.4. The Morgan fingerprint density at radius 3 is 2.28 bits per heavy atom. The normalized spacial score (nSPS) is 22.8. The third-order valence-corrected chi connectivity index (χ3v) is 5.48. The van der Waals surface area contributed by atoms with Crippen LogP contribution in [0.2, 0.25) is 0 Å². The molecule has 14 nitrogen and oxygen atoms in total. The van der Waals surface area contributed by atoms with Crippen molar-refractivity contribution >= 4 is 30.0 Å². The SMILES string of the molecule is C=C/C=N\[N+](=O)[O-].CC1CN(C)CCC1=O.CCOC(=O)C1(CC/C=N\[N+](=O)[O-])CN(C)CCC1=O.[H+]. The van der Waals surface area contributed by atoms with Crippen LogP contribution in [0, 0.1) is 31.6 Å². The number of carbonyl (C=O) groups excluding carboxylic acids is 3. The molecule has 0 amide bonds. The summed E-state index contributed by atoms with van der Waals surface area (Å²) in [7, 11) is 3.88. The van der Waals surface area contributed by atoms with Gasteiger partial charge in [0, 0.05) is 44.9 Å². The Morgan fingerprint density at radius 2 is 1.81 bits per heavy atom. The maximum atomic E-state index is 12.2. The standard InChI is InChI=1S/C12H19N3O5.C7H13NO.C3H4N2O2/c1-3-20-11(17)12(6-4-7-13-15(18)19)9-14(2)8-5-10(12)16;1-6-5-8(2)4-3-7(6)9;1-2-3-4-5(6)7/h7H,3-6,8-9H2,1-2H3;6H,3-5H2,1-2H3;2-3H,1H2/p+1/b13-7-;;4-3-. The molecule has 2 atom stereocenters. The average molecular weight is 514 g/mol. The number of likely N-dealkylation sites (tertiary alicyclic amines) is 2. The van der Waals surface area contributed by atoms with Crippen molar-refractivity contribution in [3.63, 3.8) is 0 Å². The molecular weight excluding hydrogens is 476 g/mol. The van der Waals surface area contributed by atoms with Gasteiger partial charge in [0.05, 0.1) is 23.0 Å². The summed E-state index contributed by atoms with van der Waals surface area (Å²) in [5.41, 5.74) is -1.23. The van der Waals surface area contributed by atoms with Crippen molar-refractivity contribution in [3.8, 4) is 0 Å². The average Bonchev–Trinajstić information content (AvgIpc) is 2.81. The zero-order valence-electron chi connectivity index (χ0n) is 22.3. The van der Waals surface area contributed by atoms with E-state index in [4.69, 9.17) is 4.74 Å². The van der Waals surface area contributed by atoms with E-state index in [0.29, 0.717) is 12.3 Å². The van der Waals surface area contributed by atoms with Crippen molar-refractivity contribution in [2.24, 2.45) is 21.5 Å². The predicted octanol–water partition coefficient (Wildman–Crippen LogP) is 1.56. The molecular formula is C22H37N6O8+. The van der Waals surface area contributed by atoms with Crippen molar-refractivity contribution in [3.05, 3.63) is 32.9 Å². The van der Waals surface area contributed by atoms with E-state index in [1.54, 1.807) is 6.92 Å². The highest BCUT2D eigenvalue weighted by Crippen LogP contribution is 2.32. The molecule has 2 heterocycles. The topological polar surface area (TPSA) is 178 Å². The van der Waals surface area contributed by atoms with Gasteiger partial charge in [-0.1, -0.05) is 13.5 Å². The van der Waals surface area contributed by atoms with E-state index in [2.05, 4.69) is 28.7 Å². The molecule has 0 aromatic carbocycles. The number of allylic oxidation sites excluding steroid dienone is 1. The minimum atomic E-state index is -1.23. The Bertz CT molecular complexity index is 853. The number of esters is 1. The number of hydrazone groups is 2. The van der Waals surface area contributed by atoms with E-state index in [0.717, 1.165) is 31.9 Å². The first-order valence-electron chi connectivity index (χ1n) is 11.5. The van der Waals surface area contributed by atoms with Crippen molar-refractivity contribution in [2.45, 2.75) is 39.5 Å². The van der Waals surface area contributed by atoms with Crippen LogP contribution >= 0.6 is 0 Å². The van der Waals surface area contributed by atoms with Crippen LogP contribution in [0.15, 0.2) is 22.9 Å². The number of Topliss-reactive ketones (excluding diaryl/α,β-unsaturated/α-hetero) is 2. The molecule has 2 aliphatic rings. The second-order valence-corrected chi connectivity index (χ2v) is 8.41. The summed E-state index contributed by atoms with van der Waals surface area (Å²) in [5.74, 6) is -0.0218. The number of piperidine rings is 2. The van der Waals surface area contributed by atoms with Crippen LogP contribution in [-0.2, 0) is 19.1 Å². The number of hydrogen-bond acceptors (Lipinski definition) is 10. The molecule has 2 aliphatic heterocycles. The molecule has 0 saturated carbocycles. The van der Waals surface area contributed by atoms with E-state index in [1.165, 1.54) is 6.08 Å². The molecule has 36 heavy (non-hydrogen) atoms. The largest absolute Gasteiger partial charge is 1.00 e. The molecule has 202 valence electrons. The summed E-state index contributed by atoms with van der Waals surface area (Å²) in [6, 6.07) is 0. The maximum absolute atomic E-state index is 12.2. The van der Waals surface area contributed by atoms with E-state index >= 15 is 0 Å². The van der Waals surface area contributed by atoms with Gasteiger partial charge >= 0.3 is 7.40 Å². The molecule has 0 aromatic heterocycles. The first-order chi connectivity index (χ1) is 16.9. The zero-order chi connectivity index (χ0) is 27.7. The molecule has 0 aliphatic carbocycles. The Hall–Kier alpha value is -3.39. The van der Waals surface area contributed by atoms with E-state index in [9.17, 15) is 34.6 Å². The zero-order valence-corrected chi connectivity index (χ0v) is 21.3. The van der Waals surface area contributed by atoms with Crippen LogP contribution in [0.1, 0.15) is 41.0 Å². The molecule has 0 radical (unpaired) electrons. The number of rotatable bonds is 8. The van der Waals surface area contributed by atoms with Crippen LogP contribution in [0.5, 0.6) is 0 Å². The number of ether oxygens (including phenoxy) is 1. The van der Waals surface area contributed by atoms with Crippen LogP contribution in [0.25, 0.3) is 0 Å². The molecule has 2 unspecified atom stereocenters. The minimum Gasteiger partial charge on any atom is -0.465 e. The van der Waals surface area contributed by atoms with Gasteiger partial charge in [-0.25, -0.2) is 20.2 Å². The van der Waals surface area contributed by atoms with Gasteiger partial charge in [-0.05, 0) is 39.9 Å². The lowest BCUT2D eigenvalue weighted by molar-refractivity contribution is -0.484. The highest BCUT2D eigenvalue weighted by Gasteiger charge is 2.49. The van der Waals surface area contributed by atoms with Gasteiger partial charge in [-0.3, -0.25) is 14.4 Å². The fourth-order valence-corrected chi connectivity index (χ4v) is 3.67. The molecule has 0 N–H and O–H groups in total. The van der Waals surface area contributed by atoms with E-state index in [-0.39, 0.29) is 45.5 Å². The van der Waals surface area contributed by atoms with Gasteiger partial charge in [0.2, 0.25) is 0 Å². The first kappa shape index (κ1) is 32.6. The lowest BCUT2D eigenvalue weighted by atomic mass is 9.75. The lowest BCUT2D eigenvalue weighted by Gasteiger charge is -2.37. The number of nitrogens with zero attached hydrogens (tertiary/aromatic N) is 6. The second-order valence-electron chi connectivity index (χ2n) is 8.41. The summed E-state index contributed by atoms with van der Waals surface area (Å²) in [4.78, 5) is 58.8. The smallest absolute Gasteiger partial charge is 0.465 e. The first-order valence-corrected chi connectivity index (χ1v) is 11.5. The number of carbonyl (C=O) groups is 3. The van der Waals surface area contributed by atoms with Crippen LogP contribution in [0.3, 0.4) is 0 Å². The fraction of sp³-hybridized carbons (Fsp3) is 0.682. The highest BCUT2D eigenvalue weighted by molar-refractivity contribution is 6.05. The third-order valence-electron chi connectivity index (χ3n) is 5.48. The van der Waals surface area contributed by atoms with Crippen LogP contribution in [-0.4, -0.2) is 96.7 Å². The maximum Gasteiger partial charge on any atom is 1.00 e. The Kier molecular flexibility index (Phi) is 15.5. The highest BCUT2D eigenvalue weighted by atomic mass is 16.7. The Morgan fingerprint density at radius 1 is 1.19 bits per heavy atom. The predicted molar refractivity (Wildman–Crippen MR) is 134 cm³/mol. The quantitative estimate of drug-likeness (QED) is 0.152. The van der Waals surface area contributed by atoms with Gasteiger partial charge in [-0.2, -0.15) is 0 Å². The van der Waals surface area contributed by atoms with Crippen molar-refractivity contribution in [2.75, 3.05) is 46.9 Å². The number of ketones is 2. The minimum absolute atomic E-state index is 0. The summed E-state index contributed by atoms with van der Waals surface area (Å²) >= 11 is 0. The number of hydrogen-bond donors (Lipinski definition) is 0. The van der Waals surface area contributed by atoms with Crippen molar-refractivity contribution in [1.29, 1.82) is 0 Å². The second kappa shape index (κ2) is 17.1. The van der Waals surface area contributed by atoms with Crippen molar-refractivity contribution < 1.29 is 30.6 Å². The van der Waals surface area contributed by atoms with Gasteiger partial charge in [0.25, 0.3) is 0 Å². The van der Waals surface area contributed by atoms with Gasteiger partial charge < -0.3 is 14.5 Å². The summed E-state index contributed by atoms with van der Waals surface area (Å²) in [5, 5.41) is 23.6. The molecule has 2 saturated heterocycles. The Balaban J connectivity index is 0. The number of nitro groups is 2.